The molecule has 0 amide bonds. The van der Waals surface area contributed by atoms with E-state index in [0.29, 0.717) is 19.3 Å². The average Bonchev–Trinajstić information content (AvgIpc) is 3.36. The van der Waals surface area contributed by atoms with Crippen LogP contribution in [0.2, 0.25) is 0 Å². The minimum Gasteiger partial charge on any atom is -0.491 e. The Kier molecular flexibility index (Phi) is 5.53. The topological polar surface area (TPSA) is 30.5 Å². The highest BCUT2D eigenvalue weighted by Gasteiger charge is 2.19. The van der Waals surface area contributed by atoms with Crippen molar-refractivity contribution in [3.8, 4) is 5.75 Å². The van der Waals surface area contributed by atoms with Gasteiger partial charge in [0.25, 0.3) is 0 Å². The molecule has 1 aromatic carbocycles. The van der Waals surface area contributed by atoms with E-state index in [9.17, 15) is 0 Å². The highest BCUT2D eigenvalue weighted by molar-refractivity contribution is 5.27. The Bertz CT molecular complexity index is 408. The monoisotopic (exact) mass is 289 g/mol. The van der Waals surface area contributed by atoms with Gasteiger partial charge in [-0.1, -0.05) is 31.4 Å². The third-order valence-corrected chi connectivity index (χ3v) is 4.35. The van der Waals surface area contributed by atoms with Crippen LogP contribution in [0.3, 0.4) is 0 Å². The average molecular weight is 289 g/mol. The molecule has 3 rings (SSSR count). The quantitative estimate of drug-likeness (QED) is 0.741. The third-order valence-electron chi connectivity index (χ3n) is 4.35. The lowest BCUT2D eigenvalue weighted by Gasteiger charge is -2.21. The van der Waals surface area contributed by atoms with E-state index in [4.69, 9.17) is 9.47 Å². The Labute approximate surface area is 128 Å². The van der Waals surface area contributed by atoms with E-state index in [1.165, 1.54) is 50.5 Å². The van der Waals surface area contributed by atoms with E-state index < -0.39 is 0 Å². The standard InChI is InChI=1S/C18H27NO2/c1-2-4-17(5-3-1)20-12-13-21-18-10-6-15(7-11-18)14-19-16-8-9-16/h6-7,10-11,16-17,19H,1-5,8-9,12-14H2. The molecule has 2 fully saturated rings. The molecule has 3 nitrogen and oxygen atoms in total. The summed E-state index contributed by atoms with van der Waals surface area (Å²) in [6, 6.07) is 9.17. The van der Waals surface area contributed by atoms with E-state index in [1.54, 1.807) is 0 Å². The van der Waals surface area contributed by atoms with Crippen molar-refractivity contribution >= 4 is 0 Å². The minimum atomic E-state index is 0.471. The molecule has 1 N–H and O–H groups in total. The normalized spacial score (nSPS) is 19.6. The molecule has 0 atom stereocenters. The van der Waals surface area contributed by atoms with Crippen molar-refractivity contribution in [2.24, 2.45) is 0 Å². The fraction of sp³-hybridized carbons (Fsp3) is 0.667. The lowest BCUT2D eigenvalue weighted by molar-refractivity contribution is 0.0129. The van der Waals surface area contributed by atoms with Gasteiger partial charge in [0.15, 0.2) is 0 Å². The first-order valence-electron chi connectivity index (χ1n) is 8.47. The third kappa shape index (κ3) is 5.33. The Morgan fingerprint density at radius 3 is 2.38 bits per heavy atom. The zero-order valence-corrected chi connectivity index (χ0v) is 12.9. The summed E-state index contributed by atoms with van der Waals surface area (Å²) in [4.78, 5) is 0. The van der Waals surface area contributed by atoms with Gasteiger partial charge in [0, 0.05) is 12.6 Å². The Balaban J connectivity index is 1.30. The molecular weight excluding hydrogens is 262 g/mol. The van der Waals surface area contributed by atoms with Crippen molar-refractivity contribution in [2.75, 3.05) is 13.2 Å². The van der Waals surface area contributed by atoms with Gasteiger partial charge in [-0.15, -0.1) is 0 Å². The summed E-state index contributed by atoms with van der Waals surface area (Å²) >= 11 is 0. The Morgan fingerprint density at radius 1 is 0.905 bits per heavy atom. The molecule has 0 heterocycles. The van der Waals surface area contributed by atoms with Crippen LogP contribution >= 0.6 is 0 Å². The molecule has 3 heteroatoms. The van der Waals surface area contributed by atoms with Crippen molar-refractivity contribution < 1.29 is 9.47 Å². The van der Waals surface area contributed by atoms with Crippen molar-refractivity contribution in [1.82, 2.24) is 5.32 Å². The van der Waals surface area contributed by atoms with Crippen LogP contribution in [0.4, 0.5) is 0 Å². The maximum Gasteiger partial charge on any atom is 0.119 e. The smallest absolute Gasteiger partial charge is 0.119 e. The van der Waals surface area contributed by atoms with Crippen LogP contribution in [0.25, 0.3) is 0 Å². The number of benzene rings is 1. The summed E-state index contributed by atoms with van der Waals surface area (Å²) in [5.41, 5.74) is 1.33. The highest BCUT2D eigenvalue weighted by atomic mass is 16.5. The van der Waals surface area contributed by atoms with Gasteiger partial charge in [0.1, 0.15) is 12.4 Å². The van der Waals surface area contributed by atoms with Gasteiger partial charge in [-0.2, -0.15) is 0 Å². The van der Waals surface area contributed by atoms with Crippen LogP contribution in [-0.2, 0) is 11.3 Å². The second kappa shape index (κ2) is 7.81. The van der Waals surface area contributed by atoms with Gasteiger partial charge >= 0.3 is 0 Å². The maximum absolute atomic E-state index is 5.87. The van der Waals surface area contributed by atoms with Gasteiger partial charge in [0.05, 0.1) is 12.7 Å². The van der Waals surface area contributed by atoms with Gasteiger partial charge in [0.2, 0.25) is 0 Å². The summed E-state index contributed by atoms with van der Waals surface area (Å²) in [6.45, 7) is 2.32. The van der Waals surface area contributed by atoms with E-state index in [-0.39, 0.29) is 0 Å². The van der Waals surface area contributed by atoms with Crippen molar-refractivity contribution in [3.63, 3.8) is 0 Å². The number of rotatable bonds is 8. The fourth-order valence-electron chi connectivity index (χ4n) is 2.86. The van der Waals surface area contributed by atoms with E-state index in [2.05, 4.69) is 29.6 Å². The first kappa shape index (κ1) is 14.9. The summed E-state index contributed by atoms with van der Waals surface area (Å²) < 4.78 is 11.6. The molecule has 21 heavy (non-hydrogen) atoms. The summed E-state index contributed by atoms with van der Waals surface area (Å²) in [7, 11) is 0. The summed E-state index contributed by atoms with van der Waals surface area (Å²) in [5, 5.41) is 3.52. The van der Waals surface area contributed by atoms with Gasteiger partial charge < -0.3 is 14.8 Å². The summed E-state index contributed by atoms with van der Waals surface area (Å²) in [6.07, 6.45) is 9.61. The summed E-state index contributed by atoms with van der Waals surface area (Å²) in [5.74, 6) is 0.942. The number of hydrogen-bond acceptors (Lipinski definition) is 3. The molecule has 1 aromatic rings. The van der Waals surface area contributed by atoms with Crippen LogP contribution in [0.5, 0.6) is 5.75 Å². The second-order valence-corrected chi connectivity index (χ2v) is 6.28. The van der Waals surface area contributed by atoms with Crippen LogP contribution in [0.1, 0.15) is 50.5 Å². The van der Waals surface area contributed by atoms with Crippen LogP contribution in [0.15, 0.2) is 24.3 Å². The van der Waals surface area contributed by atoms with Crippen molar-refractivity contribution in [2.45, 2.75) is 63.6 Å². The molecule has 0 aromatic heterocycles. The van der Waals surface area contributed by atoms with Crippen molar-refractivity contribution in [3.05, 3.63) is 29.8 Å². The minimum absolute atomic E-state index is 0.471. The molecule has 0 bridgehead atoms. The molecule has 0 aliphatic heterocycles. The molecule has 0 spiro atoms. The predicted molar refractivity (Wildman–Crippen MR) is 84.6 cm³/mol. The number of ether oxygens (including phenoxy) is 2. The molecule has 0 unspecified atom stereocenters. The fourth-order valence-corrected chi connectivity index (χ4v) is 2.86. The van der Waals surface area contributed by atoms with E-state index in [1.807, 2.05) is 0 Å². The molecule has 0 saturated heterocycles. The van der Waals surface area contributed by atoms with Crippen LogP contribution < -0.4 is 10.1 Å². The number of nitrogens with one attached hydrogen (secondary N) is 1. The highest BCUT2D eigenvalue weighted by Crippen LogP contribution is 2.21. The lowest BCUT2D eigenvalue weighted by atomic mass is 9.98. The lowest BCUT2D eigenvalue weighted by Crippen LogP contribution is -2.19. The van der Waals surface area contributed by atoms with Gasteiger partial charge in [-0.25, -0.2) is 0 Å². The SMILES string of the molecule is c1cc(OCCOC2CCCCC2)ccc1CNC1CC1. The van der Waals surface area contributed by atoms with Gasteiger partial charge in [-0.05, 0) is 43.4 Å². The maximum atomic E-state index is 5.87. The molecule has 0 radical (unpaired) electrons. The van der Waals surface area contributed by atoms with Gasteiger partial charge in [-0.3, -0.25) is 0 Å². The van der Waals surface area contributed by atoms with E-state index >= 15 is 0 Å². The molecule has 2 saturated carbocycles. The largest absolute Gasteiger partial charge is 0.491 e. The zero-order valence-electron chi connectivity index (χ0n) is 12.9. The first-order chi connectivity index (χ1) is 10.4. The van der Waals surface area contributed by atoms with Crippen molar-refractivity contribution in [1.29, 1.82) is 0 Å². The zero-order chi connectivity index (χ0) is 14.3. The first-order valence-corrected chi connectivity index (χ1v) is 8.47. The molecule has 2 aliphatic carbocycles. The molecular formula is C18H27NO2. The van der Waals surface area contributed by atoms with Crippen LogP contribution in [0, 0.1) is 0 Å². The Hall–Kier alpha value is -1.06. The molecule has 2 aliphatic rings. The van der Waals surface area contributed by atoms with Crippen LogP contribution in [-0.4, -0.2) is 25.4 Å². The Morgan fingerprint density at radius 2 is 1.67 bits per heavy atom. The predicted octanol–water partition coefficient (Wildman–Crippen LogP) is 3.67. The second-order valence-electron chi connectivity index (χ2n) is 6.28. The van der Waals surface area contributed by atoms with E-state index in [0.717, 1.165) is 18.3 Å². The molecule has 116 valence electrons. The number of hydrogen-bond donors (Lipinski definition) is 1.